The molecule has 0 bridgehead atoms. The molecule has 1 heterocycles. The molecule has 0 aromatic carbocycles. The number of pyridine rings is 1. The highest BCUT2D eigenvalue weighted by Crippen LogP contribution is 2.19. The maximum absolute atomic E-state index is 4.01. The summed E-state index contributed by atoms with van der Waals surface area (Å²) >= 11 is 1.89. The minimum absolute atomic E-state index is 0.591. The Hall–Kier alpha value is -0.540. The quantitative estimate of drug-likeness (QED) is 0.752. The minimum atomic E-state index is 0.591. The highest BCUT2D eigenvalue weighted by Gasteiger charge is 2.11. The average Bonchev–Trinajstić information content (AvgIpc) is 2.25. The van der Waals surface area contributed by atoms with Crippen LogP contribution in [-0.4, -0.2) is 23.3 Å². The van der Waals surface area contributed by atoms with Gasteiger partial charge in [-0.1, -0.05) is 20.8 Å². The number of hydrogen-bond donors (Lipinski definition) is 1. The molecular weight excluding hydrogens is 204 g/mol. The highest BCUT2D eigenvalue weighted by atomic mass is 32.2. The summed E-state index contributed by atoms with van der Waals surface area (Å²) in [6.45, 7) is 7.73. The molecule has 0 amide bonds. The maximum atomic E-state index is 4.01. The van der Waals surface area contributed by atoms with Gasteiger partial charge >= 0.3 is 0 Å². The van der Waals surface area contributed by atoms with E-state index in [1.165, 1.54) is 4.90 Å². The summed E-state index contributed by atoms with van der Waals surface area (Å²) < 4.78 is 0. The van der Waals surface area contributed by atoms with Gasteiger partial charge in [-0.2, -0.15) is 0 Å². The monoisotopic (exact) mass is 224 g/mol. The summed E-state index contributed by atoms with van der Waals surface area (Å²) in [4.78, 5) is 5.31. The van der Waals surface area contributed by atoms with Crippen LogP contribution < -0.4 is 5.32 Å². The van der Waals surface area contributed by atoms with Crippen molar-refractivity contribution in [3.63, 3.8) is 0 Å². The van der Waals surface area contributed by atoms with Crippen LogP contribution >= 0.6 is 11.8 Å². The van der Waals surface area contributed by atoms with Gasteiger partial charge in [0.2, 0.25) is 0 Å². The van der Waals surface area contributed by atoms with E-state index in [-0.39, 0.29) is 0 Å². The molecule has 15 heavy (non-hydrogen) atoms. The summed E-state index contributed by atoms with van der Waals surface area (Å²) in [6.07, 6.45) is 3.69. The Morgan fingerprint density at radius 1 is 1.33 bits per heavy atom. The smallest absolute Gasteiger partial charge is 0.0278 e. The third-order valence-corrected chi connectivity index (χ3v) is 3.48. The molecule has 0 saturated heterocycles. The number of thioether (sulfide) groups is 1. The lowest BCUT2D eigenvalue weighted by molar-refractivity contribution is 0.443. The molecule has 2 nitrogen and oxygen atoms in total. The summed E-state index contributed by atoms with van der Waals surface area (Å²) in [7, 11) is 0. The number of aromatic nitrogens is 1. The van der Waals surface area contributed by atoms with E-state index in [1.54, 1.807) is 0 Å². The van der Waals surface area contributed by atoms with E-state index in [0.717, 1.165) is 12.3 Å². The normalized spacial score (nSPS) is 13.1. The van der Waals surface area contributed by atoms with Crippen molar-refractivity contribution in [2.24, 2.45) is 5.92 Å². The molecule has 0 spiro atoms. The van der Waals surface area contributed by atoms with E-state index in [1.807, 2.05) is 24.2 Å². The van der Waals surface area contributed by atoms with Crippen molar-refractivity contribution < 1.29 is 0 Å². The molecule has 0 aliphatic heterocycles. The third-order valence-electron chi connectivity index (χ3n) is 2.35. The Morgan fingerprint density at radius 3 is 2.53 bits per heavy atom. The number of nitrogens with zero attached hydrogens (tertiary/aromatic N) is 1. The van der Waals surface area contributed by atoms with Crippen molar-refractivity contribution in [2.75, 3.05) is 12.3 Å². The fraction of sp³-hybridized carbons (Fsp3) is 0.583. The lowest BCUT2D eigenvalue weighted by Crippen LogP contribution is -2.35. The van der Waals surface area contributed by atoms with E-state index in [4.69, 9.17) is 0 Å². The molecule has 1 aromatic rings. The number of rotatable bonds is 6. The zero-order valence-electron chi connectivity index (χ0n) is 9.73. The molecule has 0 radical (unpaired) electrons. The Bertz CT molecular complexity index is 262. The van der Waals surface area contributed by atoms with Crippen molar-refractivity contribution in [3.8, 4) is 0 Å². The average molecular weight is 224 g/mol. The van der Waals surface area contributed by atoms with Crippen LogP contribution in [-0.2, 0) is 0 Å². The van der Waals surface area contributed by atoms with Crippen LogP contribution in [0.15, 0.2) is 29.4 Å². The lowest BCUT2D eigenvalue weighted by Gasteiger charge is -2.21. The minimum Gasteiger partial charge on any atom is -0.313 e. The summed E-state index contributed by atoms with van der Waals surface area (Å²) in [5.74, 6) is 1.80. The molecule has 0 saturated carbocycles. The molecule has 0 aliphatic carbocycles. The molecule has 3 heteroatoms. The molecule has 1 aromatic heterocycles. The van der Waals surface area contributed by atoms with Crippen molar-refractivity contribution in [3.05, 3.63) is 24.5 Å². The summed E-state index contributed by atoms with van der Waals surface area (Å²) in [6, 6.07) is 4.72. The van der Waals surface area contributed by atoms with Gasteiger partial charge in [-0.25, -0.2) is 0 Å². The van der Waals surface area contributed by atoms with Crippen LogP contribution in [0.2, 0.25) is 0 Å². The first kappa shape index (κ1) is 12.5. The largest absolute Gasteiger partial charge is 0.313 e. The van der Waals surface area contributed by atoms with Crippen LogP contribution in [0.5, 0.6) is 0 Å². The third kappa shape index (κ3) is 4.67. The van der Waals surface area contributed by atoms with E-state index in [2.05, 4.69) is 43.2 Å². The van der Waals surface area contributed by atoms with Gasteiger partial charge < -0.3 is 5.32 Å². The molecule has 0 aliphatic rings. The first-order valence-corrected chi connectivity index (χ1v) is 6.48. The molecule has 1 atom stereocenters. The SMILES string of the molecule is CCNC(CSc1ccncc1)C(C)C. The predicted molar refractivity (Wildman–Crippen MR) is 67.3 cm³/mol. The zero-order valence-corrected chi connectivity index (χ0v) is 10.6. The van der Waals surface area contributed by atoms with Crippen LogP contribution in [0, 0.1) is 5.92 Å². The van der Waals surface area contributed by atoms with Crippen LogP contribution in [0.25, 0.3) is 0 Å². The Morgan fingerprint density at radius 2 is 2.00 bits per heavy atom. The molecule has 1 rings (SSSR count). The second-order valence-electron chi connectivity index (χ2n) is 3.90. The summed E-state index contributed by atoms with van der Waals surface area (Å²) in [5, 5.41) is 3.52. The second-order valence-corrected chi connectivity index (χ2v) is 5.00. The number of nitrogens with one attached hydrogen (secondary N) is 1. The lowest BCUT2D eigenvalue weighted by atomic mass is 10.1. The van der Waals surface area contributed by atoms with Gasteiger partial charge in [0.15, 0.2) is 0 Å². The summed E-state index contributed by atoms with van der Waals surface area (Å²) in [5.41, 5.74) is 0. The van der Waals surface area contributed by atoms with Gasteiger partial charge in [0.05, 0.1) is 0 Å². The van der Waals surface area contributed by atoms with Crippen molar-refractivity contribution >= 4 is 11.8 Å². The first-order chi connectivity index (χ1) is 7.24. The van der Waals surface area contributed by atoms with Crippen molar-refractivity contribution in [1.29, 1.82) is 0 Å². The van der Waals surface area contributed by atoms with E-state index < -0.39 is 0 Å². The van der Waals surface area contributed by atoms with E-state index >= 15 is 0 Å². The van der Waals surface area contributed by atoms with Gasteiger partial charge in [0, 0.05) is 29.1 Å². The number of hydrogen-bond acceptors (Lipinski definition) is 3. The van der Waals surface area contributed by atoms with Crippen LogP contribution in [0.1, 0.15) is 20.8 Å². The Balaban J connectivity index is 2.40. The van der Waals surface area contributed by atoms with E-state index in [0.29, 0.717) is 12.0 Å². The molecule has 1 unspecified atom stereocenters. The van der Waals surface area contributed by atoms with Crippen molar-refractivity contribution in [1.82, 2.24) is 10.3 Å². The predicted octanol–water partition coefficient (Wildman–Crippen LogP) is 2.81. The standard InChI is InChI=1S/C12H20N2S/c1-4-14-12(10(2)3)9-15-11-5-7-13-8-6-11/h5-8,10,12,14H,4,9H2,1-3H3. The second kappa shape index (κ2) is 6.85. The molecule has 1 N–H and O–H groups in total. The topological polar surface area (TPSA) is 24.9 Å². The fourth-order valence-corrected chi connectivity index (χ4v) is 2.56. The van der Waals surface area contributed by atoms with Crippen LogP contribution in [0.4, 0.5) is 0 Å². The first-order valence-electron chi connectivity index (χ1n) is 5.50. The van der Waals surface area contributed by atoms with Gasteiger partial charge in [-0.3, -0.25) is 4.98 Å². The van der Waals surface area contributed by atoms with Gasteiger partial charge in [-0.05, 0) is 24.6 Å². The Labute approximate surface area is 96.9 Å². The van der Waals surface area contributed by atoms with Gasteiger partial charge in [0.1, 0.15) is 0 Å². The molecule has 84 valence electrons. The Kier molecular flexibility index (Phi) is 5.73. The van der Waals surface area contributed by atoms with Gasteiger partial charge in [0.25, 0.3) is 0 Å². The maximum Gasteiger partial charge on any atom is 0.0278 e. The fourth-order valence-electron chi connectivity index (χ4n) is 1.37. The molecular formula is C12H20N2S. The van der Waals surface area contributed by atoms with E-state index in [9.17, 15) is 0 Å². The van der Waals surface area contributed by atoms with Crippen LogP contribution in [0.3, 0.4) is 0 Å². The van der Waals surface area contributed by atoms with Crippen molar-refractivity contribution in [2.45, 2.75) is 31.7 Å². The van der Waals surface area contributed by atoms with Gasteiger partial charge in [-0.15, -0.1) is 11.8 Å². The zero-order chi connectivity index (χ0) is 11.1. The molecule has 0 fully saturated rings. The highest BCUT2D eigenvalue weighted by molar-refractivity contribution is 7.99.